The molecule has 1 N–H and O–H groups in total. The van der Waals surface area contributed by atoms with E-state index in [1.165, 1.54) is 22.5 Å². The van der Waals surface area contributed by atoms with E-state index in [0.717, 1.165) is 4.47 Å². The highest BCUT2D eigenvalue weighted by molar-refractivity contribution is 9.10. The van der Waals surface area contributed by atoms with E-state index in [4.69, 9.17) is 0 Å². The van der Waals surface area contributed by atoms with Gasteiger partial charge in [-0.25, -0.2) is 0 Å². The topological polar surface area (TPSA) is 15.8 Å². The molecule has 0 spiro atoms. The lowest BCUT2D eigenvalue weighted by atomic mass is 10.1. The molecule has 0 bridgehead atoms. The molecule has 0 aliphatic rings. The molecule has 2 rings (SSSR count). The van der Waals surface area contributed by atoms with Gasteiger partial charge < -0.3 is 4.98 Å². The van der Waals surface area contributed by atoms with Crippen LogP contribution in [0.5, 0.6) is 0 Å². The van der Waals surface area contributed by atoms with Gasteiger partial charge in [0.25, 0.3) is 0 Å². The van der Waals surface area contributed by atoms with E-state index in [9.17, 15) is 0 Å². The standard InChI is InChI=1S/C12H12BrN/c1-8-7-12(9(2)14-8)10-3-5-11(13)6-4-10/h3-7,14H,1-2H3. The first-order valence-corrected chi connectivity index (χ1v) is 5.38. The Morgan fingerprint density at radius 2 is 1.71 bits per heavy atom. The fourth-order valence-electron chi connectivity index (χ4n) is 1.65. The van der Waals surface area contributed by atoms with Gasteiger partial charge >= 0.3 is 0 Å². The maximum Gasteiger partial charge on any atom is 0.0197 e. The molecule has 0 amide bonds. The summed E-state index contributed by atoms with van der Waals surface area (Å²) in [7, 11) is 0. The van der Waals surface area contributed by atoms with Gasteiger partial charge in [0, 0.05) is 21.4 Å². The van der Waals surface area contributed by atoms with Crippen molar-refractivity contribution in [3.05, 3.63) is 46.2 Å². The molecule has 0 aliphatic carbocycles. The molecule has 1 nitrogen and oxygen atoms in total. The minimum absolute atomic E-state index is 1.12. The first-order valence-electron chi connectivity index (χ1n) is 4.59. The predicted octanol–water partition coefficient (Wildman–Crippen LogP) is 4.06. The molecule has 0 radical (unpaired) electrons. The van der Waals surface area contributed by atoms with Crippen LogP contribution < -0.4 is 0 Å². The first kappa shape index (κ1) is 9.53. The van der Waals surface area contributed by atoms with Crippen molar-refractivity contribution in [2.24, 2.45) is 0 Å². The second-order valence-electron chi connectivity index (χ2n) is 3.50. The monoisotopic (exact) mass is 249 g/mol. The smallest absolute Gasteiger partial charge is 0.0197 e. The van der Waals surface area contributed by atoms with E-state index >= 15 is 0 Å². The largest absolute Gasteiger partial charge is 0.362 e. The SMILES string of the molecule is Cc1cc(-c2ccc(Br)cc2)c(C)[nH]1. The van der Waals surface area contributed by atoms with Crippen LogP contribution in [0.4, 0.5) is 0 Å². The van der Waals surface area contributed by atoms with Crippen molar-refractivity contribution in [1.82, 2.24) is 4.98 Å². The number of aryl methyl sites for hydroxylation is 2. The molecule has 0 unspecified atom stereocenters. The maximum absolute atomic E-state index is 3.43. The van der Waals surface area contributed by atoms with Crippen LogP contribution in [-0.2, 0) is 0 Å². The maximum atomic E-state index is 3.43. The molecule has 72 valence electrons. The summed E-state index contributed by atoms with van der Waals surface area (Å²) in [6.45, 7) is 4.18. The summed E-state index contributed by atoms with van der Waals surface area (Å²) in [6.07, 6.45) is 0. The zero-order chi connectivity index (χ0) is 10.1. The van der Waals surface area contributed by atoms with E-state index in [2.05, 4.69) is 65.1 Å². The molecule has 0 atom stereocenters. The number of H-pyrrole nitrogens is 1. The van der Waals surface area contributed by atoms with Crippen LogP contribution in [-0.4, -0.2) is 4.98 Å². The number of aromatic amines is 1. The minimum Gasteiger partial charge on any atom is -0.362 e. The Morgan fingerprint density at radius 1 is 1.07 bits per heavy atom. The van der Waals surface area contributed by atoms with Crippen LogP contribution >= 0.6 is 15.9 Å². The number of nitrogens with one attached hydrogen (secondary N) is 1. The van der Waals surface area contributed by atoms with E-state index in [1.807, 2.05) is 0 Å². The molecule has 0 aliphatic heterocycles. The van der Waals surface area contributed by atoms with Gasteiger partial charge in [-0.1, -0.05) is 28.1 Å². The Labute approximate surface area is 92.3 Å². The average Bonchev–Trinajstić information content (AvgIpc) is 2.47. The third-order valence-corrected chi connectivity index (χ3v) is 2.83. The van der Waals surface area contributed by atoms with Crippen LogP contribution in [0.1, 0.15) is 11.4 Å². The van der Waals surface area contributed by atoms with Crippen molar-refractivity contribution in [3.8, 4) is 11.1 Å². The van der Waals surface area contributed by atoms with Crippen molar-refractivity contribution >= 4 is 15.9 Å². The lowest BCUT2D eigenvalue weighted by Crippen LogP contribution is -1.77. The summed E-state index contributed by atoms with van der Waals surface area (Å²) in [5.74, 6) is 0. The molecule has 1 aromatic heterocycles. The van der Waals surface area contributed by atoms with Gasteiger partial charge in [0.05, 0.1) is 0 Å². The van der Waals surface area contributed by atoms with Gasteiger partial charge in [-0.15, -0.1) is 0 Å². The molecule has 0 saturated heterocycles. The Morgan fingerprint density at radius 3 is 2.21 bits per heavy atom. The molecule has 1 heterocycles. The zero-order valence-corrected chi connectivity index (χ0v) is 9.85. The van der Waals surface area contributed by atoms with Gasteiger partial charge in [0.15, 0.2) is 0 Å². The van der Waals surface area contributed by atoms with Crippen LogP contribution in [0.25, 0.3) is 11.1 Å². The van der Waals surface area contributed by atoms with Crippen LogP contribution in [0.2, 0.25) is 0 Å². The second kappa shape index (κ2) is 3.62. The van der Waals surface area contributed by atoms with Gasteiger partial charge in [-0.3, -0.25) is 0 Å². The van der Waals surface area contributed by atoms with Crippen molar-refractivity contribution < 1.29 is 0 Å². The summed E-state index contributed by atoms with van der Waals surface area (Å²) in [5, 5.41) is 0. The van der Waals surface area contributed by atoms with Crippen molar-refractivity contribution in [2.75, 3.05) is 0 Å². The molecular weight excluding hydrogens is 238 g/mol. The van der Waals surface area contributed by atoms with Gasteiger partial charge in [-0.05, 0) is 37.6 Å². The Balaban J connectivity index is 2.49. The number of rotatable bonds is 1. The second-order valence-corrected chi connectivity index (χ2v) is 4.41. The van der Waals surface area contributed by atoms with Gasteiger partial charge in [0.2, 0.25) is 0 Å². The minimum atomic E-state index is 1.12. The van der Waals surface area contributed by atoms with Gasteiger partial charge in [-0.2, -0.15) is 0 Å². The van der Waals surface area contributed by atoms with Crippen LogP contribution in [0.15, 0.2) is 34.8 Å². The summed E-state index contributed by atoms with van der Waals surface area (Å²) >= 11 is 3.43. The summed E-state index contributed by atoms with van der Waals surface area (Å²) in [4.78, 5) is 3.31. The predicted molar refractivity (Wildman–Crippen MR) is 63.4 cm³/mol. The quantitative estimate of drug-likeness (QED) is 0.785. The molecule has 1 aromatic carbocycles. The number of aromatic nitrogens is 1. The molecule has 14 heavy (non-hydrogen) atoms. The Bertz CT molecular complexity index is 440. The van der Waals surface area contributed by atoms with E-state index < -0.39 is 0 Å². The highest BCUT2D eigenvalue weighted by atomic mass is 79.9. The summed E-state index contributed by atoms with van der Waals surface area (Å²) in [6, 6.07) is 10.6. The molecule has 2 heteroatoms. The number of halogens is 1. The molecular formula is C12H12BrN. The first-order chi connectivity index (χ1) is 6.66. The summed E-state index contributed by atoms with van der Waals surface area (Å²) in [5.41, 5.74) is 4.98. The third kappa shape index (κ3) is 1.75. The normalized spacial score (nSPS) is 10.5. The Hall–Kier alpha value is -1.02. The van der Waals surface area contributed by atoms with E-state index in [0.29, 0.717) is 0 Å². The molecule has 0 fully saturated rings. The van der Waals surface area contributed by atoms with Crippen LogP contribution in [0, 0.1) is 13.8 Å². The van der Waals surface area contributed by atoms with E-state index in [-0.39, 0.29) is 0 Å². The van der Waals surface area contributed by atoms with Crippen molar-refractivity contribution in [3.63, 3.8) is 0 Å². The highest BCUT2D eigenvalue weighted by Gasteiger charge is 2.03. The molecule has 0 saturated carbocycles. The van der Waals surface area contributed by atoms with Crippen LogP contribution in [0.3, 0.4) is 0 Å². The number of benzene rings is 1. The summed E-state index contributed by atoms with van der Waals surface area (Å²) < 4.78 is 1.12. The lowest BCUT2D eigenvalue weighted by molar-refractivity contribution is 1.19. The third-order valence-electron chi connectivity index (χ3n) is 2.30. The number of hydrogen-bond donors (Lipinski definition) is 1. The Kier molecular flexibility index (Phi) is 2.46. The lowest BCUT2D eigenvalue weighted by Gasteiger charge is -1.99. The highest BCUT2D eigenvalue weighted by Crippen LogP contribution is 2.25. The fourth-order valence-corrected chi connectivity index (χ4v) is 1.92. The van der Waals surface area contributed by atoms with Gasteiger partial charge in [0.1, 0.15) is 0 Å². The number of hydrogen-bond acceptors (Lipinski definition) is 0. The average molecular weight is 250 g/mol. The van der Waals surface area contributed by atoms with Crippen molar-refractivity contribution in [2.45, 2.75) is 13.8 Å². The molecule has 2 aromatic rings. The van der Waals surface area contributed by atoms with Crippen molar-refractivity contribution in [1.29, 1.82) is 0 Å². The van der Waals surface area contributed by atoms with E-state index in [1.54, 1.807) is 0 Å². The fraction of sp³-hybridized carbons (Fsp3) is 0.167. The zero-order valence-electron chi connectivity index (χ0n) is 8.26.